The quantitative estimate of drug-likeness (QED) is 0.426. The third-order valence-corrected chi connectivity index (χ3v) is 4.16. The van der Waals surface area contributed by atoms with E-state index in [1.54, 1.807) is 6.20 Å². The van der Waals surface area contributed by atoms with Crippen LogP contribution in [0.1, 0.15) is 45.1 Å². The lowest BCUT2D eigenvalue weighted by Gasteiger charge is -2.28. The Morgan fingerprint density at radius 2 is 2.09 bits per heavy atom. The van der Waals surface area contributed by atoms with E-state index in [0.29, 0.717) is 25.1 Å². The van der Waals surface area contributed by atoms with Gasteiger partial charge in [0.25, 0.3) is 0 Å². The lowest BCUT2D eigenvalue weighted by molar-refractivity contribution is 0.322. The summed E-state index contributed by atoms with van der Waals surface area (Å²) in [5, 5.41) is 6.89. The highest BCUT2D eigenvalue weighted by molar-refractivity contribution is 14.0. The second kappa shape index (κ2) is 10.7. The molecule has 1 saturated carbocycles. The Kier molecular flexibility index (Phi) is 9.28. The largest absolute Gasteiger partial charge is 0.478 e. The average Bonchev–Trinajstić information content (AvgIpc) is 2.55. The molecule has 0 radical (unpaired) electrons. The monoisotopic (exact) mass is 432 g/mol. The van der Waals surface area contributed by atoms with E-state index in [1.807, 2.05) is 26.1 Å². The summed E-state index contributed by atoms with van der Waals surface area (Å²) in [7, 11) is 1.81. The molecule has 0 unspecified atom stereocenters. The van der Waals surface area contributed by atoms with Crippen LogP contribution >= 0.6 is 24.0 Å². The topological polar surface area (TPSA) is 58.5 Å². The van der Waals surface area contributed by atoms with Gasteiger partial charge in [-0.25, -0.2) is 4.98 Å². The van der Waals surface area contributed by atoms with Crippen LogP contribution in [-0.2, 0) is 6.54 Å². The Morgan fingerprint density at radius 1 is 1.35 bits per heavy atom. The van der Waals surface area contributed by atoms with E-state index in [9.17, 15) is 0 Å². The number of nitrogens with one attached hydrogen (secondary N) is 2. The predicted octanol–water partition coefficient (Wildman–Crippen LogP) is 3.34. The van der Waals surface area contributed by atoms with Gasteiger partial charge < -0.3 is 15.4 Å². The van der Waals surface area contributed by atoms with E-state index in [1.165, 1.54) is 25.7 Å². The molecule has 0 amide bonds. The summed E-state index contributed by atoms with van der Waals surface area (Å²) in [5.41, 5.74) is 1.05. The minimum absolute atomic E-state index is 0. The van der Waals surface area contributed by atoms with Crippen molar-refractivity contribution in [2.75, 3.05) is 13.7 Å². The molecule has 0 aliphatic heterocycles. The third kappa shape index (κ3) is 6.53. The number of aliphatic imine (C=N–C) groups is 1. The lowest BCUT2D eigenvalue weighted by atomic mass is 9.87. The second-order valence-corrected chi connectivity index (χ2v) is 5.93. The number of guanidine groups is 1. The van der Waals surface area contributed by atoms with Crippen LogP contribution in [0.3, 0.4) is 0 Å². The molecule has 1 aromatic rings. The maximum Gasteiger partial charge on any atom is 0.218 e. The minimum Gasteiger partial charge on any atom is -0.478 e. The number of halogens is 1. The summed E-state index contributed by atoms with van der Waals surface area (Å²) < 4.78 is 5.55. The normalized spacial score (nSPS) is 21.3. The fraction of sp³-hybridized carbons (Fsp3) is 0.647. The molecule has 130 valence electrons. The zero-order valence-electron chi connectivity index (χ0n) is 14.3. The summed E-state index contributed by atoms with van der Waals surface area (Å²) in [6, 6.07) is 4.49. The van der Waals surface area contributed by atoms with Gasteiger partial charge in [-0.2, -0.15) is 0 Å². The maximum atomic E-state index is 5.55. The molecule has 0 bridgehead atoms. The van der Waals surface area contributed by atoms with Crippen molar-refractivity contribution in [3.05, 3.63) is 23.9 Å². The molecule has 1 aromatic heterocycles. The van der Waals surface area contributed by atoms with Gasteiger partial charge in [0.05, 0.1) is 6.61 Å². The summed E-state index contributed by atoms with van der Waals surface area (Å²) in [4.78, 5) is 8.60. The molecule has 6 heteroatoms. The Labute approximate surface area is 156 Å². The van der Waals surface area contributed by atoms with Gasteiger partial charge >= 0.3 is 0 Å². The van der Waals surface area contributed by atoms with Crippen LogP contribution in [0.4, 0.5) is 0 Å². The van der Waals surface area contributed by atoms with Crippen molar-refractivity contribution in [1.82, 2.24) is 15.6 Å². The highest BCUT2D eigenvalue weighted by atomic mass is 127. The number of hydrogen-bond donors (Lipinski definition) is 2. The van der Waals surface area contributed by atoms with E-state index >= 15 is 0 Å². The molecular formula is C17H29IN4O. The Bertz CT molecular complexity index is 487. The fourth-order valence-corrected chi connectivity index (χ4v) is 2.80. The van der Waals surface area contributed by atoms with Gasteiger partial charge in [0.15, 0.2) is 5.96 Å². The van der Waals surface area contributed by atoms with Crippen LogP contribution < -0.4 is 15.4 Å². The van der Waals surface area contributed by atoms with Gasteiger partial charge in [-0.1, -0.05) is 13.0 Å². The van der Waals surface area contributed by atoms with Gasteiger partial charge in [0, 0.05) is 31.4 Å². The van der Waals surface area contributed by atoms with Crippen molar-refractivity contribution >= 4 is 29.9 Å². The van der Waals surface area contributed by atoms with Crippen molar-refractivity contribution in [3.63, 3.8) is 0 Å². The Hall–Kier alpha value is -1.05. The van der Waals surface area contributed by atoms with Crippen molar-refractivity contribution in [3.8, 4) is 5.88 Å². The zero-order valence-corrected chi connectivity index (χ0v) is 16.7. The SMILES string of the molecule is CCOc1ncccc1CNC(=NC)NC1CCC(C)CC1.I. The number of hydrogen-bond acceptors (Lipinski definition) is 3. The standard InChI is InChI=1S/C17H28N4O.HI/c1-4-22-16-14(6-5-11-19-16)12-20-17(18-3)21-15-9-7-13(2)8-10-15;/h5-6,11,13,15H,4,7-10,12H2,1-3H3,(H2,18,20,21);1H. The first-order valence-electron chi connectivity index (χ1n) is 8.26. The molecule has 5 nitrogen and oxygen atoms in total. The van der Waals surface area contributed by atoms with Crippen molar-refractivity contribution < 1.29 is 4.74 Å². The molecular weight excluding hydrogens is 403 g/mol. The van der Waals surface area contributed by atoms with Crippen LogP contribution in [0.2, 0.25) is 0 Å². The summed E-state index contributed by atoms with van der Waals surface area (Å²) in [5.74, 6) is 2.41. The summed E-state index contributed by atoms with van der Waals surface area (Å²) >= 11 is 0. The van der Waals surface area contributed by atoms with E-state index in [2.05, 4.69) is 27.5 Å². The maximum absolute atomic E-state index is 5.55. The Balaban J connectivity index is 0.00000264. The highest BCUT2D eigenvalue weighted by Crippen LogP contribution is 2.23. The Morgan fingerprint density at radius 3 is 2.74 bits per heavy atom. The first kappa shape index (κ1) is 20.0. The molecule has 1 heterocycles. The van der Waals surface area contributed by atoms with E-state index in [0.717, 1.165) is 17.4 Å². The van der Waals surface area contributed by atoms with Crippen molar-refractivity contribution in [1.29, 1.82) is 0 Å². The van der Waals surface area contributed by atoms with E-state index < -0.39 is 0 Å². The lowest BCUT2D eigenvalue weighted by Crippen LogP contribution is -2.44. The molecule has 1 aliphatic carbocycles. The molecule has 0 spiro atoms. The molecule has 0 saturated heterocycles. The number of ether oxygens (including phenoxy) is 1. The number of pyridine rings is 1. The van der Waals surface area contributed by atoms with Gasteiger partial charge in [-0.15, -0.1) is 24.0 Å². The molecule has 2 N–H and O–H groups in total. The molecule has 0 atom stereocenters. The minimum atomic E-state index is 0. The average molecular weight is 432 g/mol. The number of rotatable bonds is 5. The number of aromatic nitrogens is 1. The van der Waals surface area contributed by atoms with Crippen molar-refractivity contribution in [2.45, 2.75) is 52.1 Å². The predicted molar refractivity (Wildman–Crippen MR) is 106 cm³/mol. The van der Waals surface area contributed by atoms with Gasteiger partial charge in [0.2, 0.25) is 5.88 Å². The van der Waals surface area contributed by atoms with Crippen LogP contribution in [0.5, 0.6) is 5.88 Å². The van der Waals surface area contributed by atoms with E-state index in [4.69, 9.17) is 4.74 Å². The fourth-order valence-electron chi connectivity index (χ4n) is 2.80. The molecule has 1 fully saturated rings. The molecule has 1 aliphatic rings. The summed E-state index contributed by atoms with van der Waals surface area (Å²) in [6.07, 6.45) is 6.79. The first-order valence-corrected chi connectivity index (χ1v) is 8.26. The molecule has 2 rings (SSSR count). The van der Waals surface area contributed by atoms with Crippen LogP contribution in [0.15, 0.2) is 23.3 Å². The molecule has 23 heavy (non-hydrogen) atoms. The first-order chi connectivity index (χ1) is 10.7. The van der Waals surface area contributed by atoms with Crippen molar-refractivity contribution in [2.24, 2.45) is 10.9 Å². The van der Waals surface area contributed by atoms with Crippen LogP contribution in [0.25, 0.3) is 0 Å². The smallest absolute Gasteiger partial charge is 0.218 e. The molecule has 0 aromatic carbocycles. The van der Waals surface area contributed by atoms with Crippen LogP contribution in [-0.4, -0.2) is 30.6 Å². The highest BCUT2D eigenvalue weighted by Gasteiger charge is 2.18. The van der Waals surface area contributed by atoms with Gasteiger partial charge in [-0.3, -0.25) is 4.99 Å². The van der Waals surface area contributed by atoms with Gasteiger partial charge in [0.1, 0.15) is 0 Å². The third-order valence-electron chi connectivity index (χ3n) is 4.16. The van der Waals surface area contributed by atoms with Gasteiger partial charge in [-0.05, 0) is 44.6 Å². The van der Waals surface area contributed by atoms with E-state index in [-0.39, 0.29) is 24.0 Å². The zero-order chi connectivity index (χ0) is 15.8. The second-order valence-electron chi connectivity index (χ2n) is 5.93. The summed E-state index contributed by atoms with van der Waals surface area (Å²) in [6.45, 7) is 5.58. The van der Waals surface area contributed by atoms with Crippen LogP contribution in [0, 0.1) is 5.92 Å². The number of nitrogens with zero attached hydrogens (tertiary/aromatic N) is 2.